The van der Waals surface area contributed by atoms with E-state index in [1.165, 1.54) is 0 Å². The lowest BCUT2D eigenvalue weighted by Crippen LogP contribution is -2.62. The van der Waals surface area contributed by atoms with Crippen LogP contribution in [-0.2, 0) is 9.53 Å². The number of halogens is 10. The van der Waals surface area contributed by atoms with Crippen LogP contribution in [0.1, 0.15) is 0 Å². The van der Waals surface area contributed by atoms with Crippen molar-refractivity contribution in [2.24, 2.45) is 5.41 Å². The number of esters is 1. The smallest absolute Gasteiger partial charge is 0.415 e. The molecule has 0 atom stereocenters. The maximum absolute atomic E-state index is 12.3. The molecule has 0 fully saturated rings. The molecule has 0 N–H and O–H groups in total. The molecule has 0 radical (unpaired) electrons. The first-order valence-electron chi connectivity index (χ1n) is 4.29. The van der Waals surface area contributed by atoms with Gasteiger partial charge in [0.1, 0.15) is 6.61 Å². The Hall–Kier alpha value is -1.49. The SMILES string of the molecule is C=C(F)C(=O)OCC(C(F)(F)F)(C(F)(F)F)C(F)(F)F. The second kappa shape index (κ2) is 5.13. The van der Waals surface area contributed by atoms with Crippen LogP contribution in [0, 0.1) is 5.41 Å². The molecule has 12 heteroatoms. The average molecular weight is 322 g/mol. The lowest BCUT2D eigenvalue weighted by atomic mass is 9.86. The van der Waals surface area contributed by atoms with E-state index in [0.29, 0.717) is 0 Å². The van der Waals surface area contributed by atoms with Crippen LogP contribution in [0.15, 0.2) is 12.4 Å². The largest absolute Gasteiger partial charge is 0.459 e. The standard InChI is InChI=1S/C8H4F10O2/c1-3(9)4(19)20-2-5(6(10,11)12,7(13,14)15)8(16,17)18/h1-2H2. The summed E-state index contributed by atoms with van der Waals surface area (Å²) in [5, 5.41) is 0. The molecular formula is C8H4F10O2. The third-order valence-electron chi connectivity index (χ3n) is 2.09. The second-order valence-corrected chi connectivity index (χ2v) is 3.38. The van der Waals surface area contributed by atoms with Gasteiger partial charge in [-0.1, -0.05) is 6.58 Å². The highest BCUT2D eigenvalue weighted by Crippen LogP contribution is 2.59. The summed E-state index contributed by atoms with van der Waals surface area (Å²) < 4.78 is 126. The van der Waals surface area contributed by atoms with Crippen LogP contribution in [0.2, 0.25) is 0 Å². The van der Waals surface area contributed by atoms with Crippen molar-refractivity contribution in [1.82, 2.24) is 0 Å². The Kier molecular flexibility index (Phi) is 4.75. The van der Waals surface area contributed by atoms with Crippen molar-refractivity contribution in [3.05, 3.63) is 12.4 Å². The number of alkyl halides is 9. The molecule has 0 amide bonds. The van der Waals surface area contributed by atoms with Gasteiger partial charge in [0.2, 0.25) is 5.83 Å². The van der Waals surface area contributed by atoms with E-state index in [1.54, 1.807) is 0 Å². The van der Waals surface area contributed by atoms with Gasteiger partial charge in [0, 0.05) is 0 Å². The molecule has 0 aliphatic rings. The van der Waals surface area contributed by atoms with E-state index in [2.05, 4.69) is 11.3 Å². The third kappa shape index (κ3) is 3.15. The summed E-state index contributed by atoms with van der Waals surface area (Å²) in [6.45, 7) is -1.05. The highest BCUT2D eigenvalue weighted by Gasteiger charge is 2.84. The number of ether oxygens (including phenoxy) is 1. The van der Waals surface area contributed by atoms with Gasteiger partial charge in [0.15, 0.2) is 0 Å². The Labute approximate surface area is 104 Å². The minimum atomic E-state index is -6.87. The van der Waals surface area contributed by atoms with Gasteiger partial charge in [0.25, 0.3) is 5.41 Å². The fraction of sp³-hybridized carbons (Fsp3) is 0.625. The number of hydrogen-bond donors (Lipinski definition) is 0. The predicted octanol–water partition coefficient (Wildman–Crippen LogP) is 3.69. The fourth-order valence-corrected chi connectivity index (χ4v) is 0.980. The van der Waals surface area contributed by atoms with Crippen molar-refractivity contribution in [2.45, 2.75) is 18.5 Å². The first-order chi connectivity index (χ1) is 8.58. The fourth-order valence-electron chi connectivity index (χ4n) is 0.980. The van der Waals surface area contributed by atoms with E-state index < -0.39 is 42.3 Å². The van der Waals surface area contributed by atoms with Gasteiger partial charge in [-0.05, 0) is 0 Å². The lowest BCUT2D eigenvalue weighted by molar-refractivity contribution is -0.433. The molecule has 0 unspecified atom stereocenters. The Morgan fingerprint density at radius 3 is 1.35 bits per heavy atom. The van der Waals surface area contributed by atoms with Crippen LogP contribution in [0.25, 0.3) is 0 Å². The van der Waals surface area contributed by atoms with Crippen LogP contribution in [-0.4, -0.2) is 31.1 Å². The second-order valence-electron chi connectivity index (χ2n) is 3.38. The molecule has 0 aromatic carbocycles. The number of carbonyl (C=O) groups excluding carboxylic acids is 1. The first kappa shape index (κ1) is 18.5. The van der Waals surface area contributed by atoms with Gasteiger partial charge < -0.3 is 4.74 Å². The van der Waals surface area contributed by atoms with E-state index >= 15 is 0 Å². The van der Waals surface area contributed by atoms with E-state index in [0.717, 1.165) is 0 Å². The van der Waals surface area contributed by atoms with Gasteiger partial charge in [-0.25, -0.2) is 4.79 Å². The van der Waals surface area contributed by atoms with Crippen molar-refractivity contribution in [3.8, 4) is 0 Å². The summed E-state index contributed by atoms with van der Waals surface area (Å²) >= 11 is 0. The van der Waals surface area contributed by atoms with Gasteiger partial charge in [-0.2, -0.15) is 43.9 Å². The van der Waals surface area contributed by atoms with Crippen LogP contribution in [0.4, 0.5) is 43.9 Å². The zero-order valence-electron chi connectivity index (χ0n) is 9.01. The highest BCUT2D eigenvalue weighted by atomic mass is 19.4. The minimum absolute atomic E-state index is 2.15. The average Bonchev–Trinajstić information content (AvgIpc) is 2.10. The molecule has 0 saturated heterocycles. The Morgan fingerprint density at radius 1 is 0.850 bits per heavy atom. The molecule has 20 heavy (non-hydrogen) atoms. The number of carbonyl (C=O) groups is 1. The molecule has 0 aromatic heterocycles. The highest BCUT2D eigenvalue weighted by molar-refractivity contribution is 5.85. The van der Waals surface area contributed by atoms with Gasteiger partial charge in [-0.15, -0.1) is 0 Å². The Bertz CT molecular complexity index is 351. The minimum Gasteiger partial charge on any atom is -0.459 e. The number of hydrogen-bond acceptors (Lipinski definition) is 2. The van der Waals surface area contributed by atoms with Crippen molar-refractivity contribution in [1.29, 1.82) is 0 Å². The van der Waals surface area contributed by atoms with Crippen molar-refractivity contribution in [3.63, 3.8) is 0 Å². The zero-order chi connectivity index (χ0) is 16.6. The van der Waals surface area contributed by atoms with Gasteiger partial charge >= 0.3 is 24.5 Å². The van der Waals surface area contributed by atoms with Crippen LogP contribution < -0.4 is 0 Å². The molecular weight excluding hydrogens is 318 g/mol. The predicted molar refractivity (Wildman–Crippen MR) is 41.8 cm³/mol. The van der Waals surface area contributed by atoms with Crippen LogP contribution in [0.3, 0.4) is 0 Å². The van der Waals surface area contributed by atoms with Crippen LogP contribution >= 0.6 is 0 Å². The third-order valence-corrected chi connectivity index (χ3v) is 2.09. The zero-order valence-corrected chi connectivity index (χ0v) is 9.01. The molecule has 0 aromatic rings. The number of rotatable bonds is 3. The molecule has 118 valence electrons. The topological polar surface area (TPSA) is 26.3 Å². The quantitative estimate of drug-likeness (QED) is 0.450. The summed E-state index contributed by atoms with van der Waals surface area (Å²) in [5.74, 6) is -4.61. The summed E-state index contributed by atoms with van der Waals surface area (Å²) in [6, 6.07) is 0. The summed E-state index contributed by atoms with van der Waals surface area (Å²) in [4.78, 5) is 10.4. The van der Waals surface area contributed by atoms with E-state index in [9.17, 15) is 48.7 Å². The van der Waals surface area contributed by atoms with Gasteiger partial charge in [0.05, 0.1) is 0 Å². The molecule has 0 bridgehead atoms. The monoisotopic (exact) mass is 322 g/mol. The molecule has 0 rings (SSSR count). The maximum Gasteiger partial charge on any atom is 0.415 e. The van der Waals surface area contributed by atoms with Crippen molar-refractivity contribution in [2.75, 3.05) is 6.61 Å². The first-order valence-corrected chi connectivity index (χ1v) is 4.29. The molecule has 0 saturated carbocycles. The maximum atomic E-state index is 12.3. The molecule has 2 nitrogen and oxygen atoms in total. The van der Waals surface area contributed by atoms with E-state index in [4.69, 9.17) is 0 Å². The molecule has 0 aliphatic heterocycles. The van der Waals surface area contributed by atoms with Crippen molar-refractivity contribution >= 4 is 5.97 Å². The molecule has 0 aliphatic carbocycles. The molecule has 0 spiro atoms. The Morgan fingerprint density at radius 2 is 1.15 bits per heavy atom. The lowest BCUT2D eigenvalue weighted by Gasteiger charge is -2.37. The van der Waals surface area contributed by atoms with E-state index in [1.807, 2.05) is 0 Å². The van der Waals surface area contributed by atoms with E-state index in [-0.39, 0.29) is 0 Å². The summed E-state index contributed by atoms with van der Waals surface area (Å²) in [5.41, 5.74) is -6.32. The normalized spacial score (nSPS) is 14.1. The summed E-state index contributed by atoms with van der Waals surface area (Å²) in [7, 11) is 0. The van der Waals surface area contributed by atoms with Crippen LogP contribution in [0.5, 0.6) is 0 Å². The summed E-state index contributed by atoms with van der Waals surface area (Å²) in [6.07, 6.45) is -20.6. The van der Waals surface area contributed by atoms with Crippen molar-refractivity contribution < 1.29 is 53.4 Å². The molecule has 0 heterocycles. The van der Waals surface area contributed by atoms with Gasteiger partial charge in [-0.3, -0.25) is 0 Å². The Balaban J connectivity index is 5.81.